The summed E-state index contributed by atoms with van der Waals surface area (Å²) in [7, 11) is 0. The van der Waals surface area contributed by atoms with Crippen LogP contribution in [0.5, 0.6) is 5.75 Å². The molecule has 2 aromatic rings. The Balaban J connectivity index is 1.63. The highest BCUT2D eigenvalue weighted by Gasteiger charge is 2.43. The monoisotopic (exact) mass is 543 g/mol. The van der Waals surface area contributed by atoms with Crippen LogP contribution in [0, 0.1) is 0 Å². The number of carbonyl (C=O) groups excluding carboxylic acids is 4. The van der Waals surface area contributed by atoms with E-state index >= 15 is 0 Å². The first kappa shape index (κ1) is 28.8. The second-order valence-corrected chi connectivity index (χ2v) is 10.5. The van der Waals surface area contributed by atoms with Gasteiger partial charge in [0.2, 0.25) is 5.91 Å². The predicted octanol–water partition coefficient (Wildman–Crippen LogP) is 3.73. The number of anilines is 1. The van der Waals surface area contributed by atoms with Crippen LogP contribution in [-0.2, 0) is 23.9 Å². The van der Waals surface area contributed by atoms with Gasteiger partial charge < -0.3 is 29.7 Å². The summed E-state index contributed by atoms with van der Waals surface area (Å²) < 4.78 is 15.8. The molecular weight excluding hydrogens is 510 g/mol. The summed E-state index contributed by atoms with van der Waals surface area (Å²) in [6.07, 6.45) is 0. The van der Waals surface area contributed by atoms with Gasteiger partial charge >= 0.3 is 18.0 Å². The first-order valence-corrected chi connectivity index (χ1v) is 13.3. The van der Waals surface area contributed by atoms with Crippen LogP contribution in [0.25, 0.3) is 0 Å². The molecule has 1 aliphatic rings. The fourth-order valence-corrected chi connectivity index (χ4v) is 5.10. The predicted molar refractivity (Wildman–Crippen MR) is 144 cm³/mol. The summed E-state index contributed by atoms with van der Waals surface area (Å²) in [5.74, 6) is -0.653. The molecule has 10 nitrogen and oxygen atoms in total. The molecule has 204 valence electrons. The summed E-state index contributed by atoms with van der Waals surface area (Å²) in [4.78, 5) is 51.8. The van der Waals surface area contributed by atoms with Crippen molar-refractivity contribution < 1.29 is 33.4 Å². The highest BCUT2D eigenvalue weighted by molar-refractivity contribution is 7.99. The van der Waals surface area contributed by atoms with Gasteiger partial charge in [0.25, 0.3) is 0 Å². The second-order valence-electron chi connectivity index (χ2n) is 9.38. The smallest absolute Gasteiger partial charge is 0.344 e. The molecule has 0 aliphatic carbocycles. The van der Waals surface area contributed by atoms with Crippen molar-refractivity contribution in [2.45, 2.75) is 44.7 Å². The largest absolute Gasteiger partial charge is 0.482 e. The molecule has 2 aromatic carbocycles. The van der Waals surface area contributed by atoms with Crippen LogP contribution in [0.15, 0.2) is 54.6 Å². The summed E-state index contributed by atoms with van der Waals surface area (Å²) in [6, 6.07) is 14.5. The van der Waals surface area contributed by atoms with Crippen molar-refractivity contribution in [2.75, 3.05) is 30.8 Å². The van der Waals surface area contributed by atoms with Crippen molar-refractivity contribution >= 4 is 41.3 Å². The van der Waals surface area contributed by atoms with E-state index in [2.05, 4.69) is 10.6 Å². The van der Waals surface area contributed by atoms with Gasteiger partial charge in [0.15, 0.2) is 6.61 Å². The fourth-order valence-electron chi connectivity index (χ4n) is 3.67. The molecule has 38 heavy (non-hydrogen) atoms. The quantitative estimate of drug-likeness (QED) is 0.459. The van der Waals surface area contributed by atoms with E-state index in [0.717, 1.165) is 5.56 Å². The van der Waals surface area contributed by atoms with Gasteiger partial charge in [-0.2, -0.15) is 0 Å². The van der Waals surface area contributed by atoms with Crippen molar-refractivity contribution in [2.24, 2.45) is 0 Å². The van der Waals surface area contributed by atoms with E-state index in [1.54, 1.807) is 52.0 Å². The minimum Gasteiger partial charge on any atom is -0.482 e. The zero-order chi connectivity index (χ0) is 27.7. The van der Waals surface area contributed by atoms with Gasteiger partial charge in [0.1, 0.15) is 22.8 Å². The van der Waals surface area contributed by atoms with Gasteiger partial charge in [-0.15, -0.1) is 11.8 Å². The molecule has 1 saturated heterocycles. The summed E-state index contributed by atoms with van der Waals surface area (Å²) >= 11 is 1.47. The molecule has 0 spiro atoms. The van der Waals surface area contributed by atoms with Crippen molar-refractivity contribution in [3.05, 3.63) is 60.2 Å². The van der Waals surface area contributed by atoms with Crippen molar-refractivity contribution in [3.63, 3.8) is 0 Å². The molecule has 3 rings (SSSR count). The topological polar surface area (TPSA) is 123 Å². The van der Waals surface area contributed by atoms with Gasteiger partial charge in [-0.3, -0.25) is 4.79 Å². The Labute approximate surface area is 226 Å². The maximum absolute atomic E-state index is 13.3. The molecule has 0 unspecified atom stereocenters. The molecular formula is C27H33N3O7S. The van der Waals surface area contributed by atoms with Gasteiger partial charge in [0, 0.05) is 17.5 Å². The minimum absolute atomic E-state index is 0.253. The number of rotatable bonds is 9. The Morgan fingerprint density at radius 2 is 1.79 bits per heavy atom. The maximum atomic E-state index is 13.3. The number of benzene rings is 2. The number of hydrogen-bond donors (Lipinski definition) is 2. The number of nitrogens with one attached hydrogen (secondary N) is 2. The normalized spacial score (nSPS) is 16.9. The molecule has 0 aromatic heterocycles. The molecule has 1 fully saturated rings. The molecule has 2 atom stereocenters. The number of carbonyl (C=O) groups is 4. The van der Waals surface area contributed by atoms with Gasteiger partial charge in [-0.1, -0.05) is 36.4 Å². The summed E-state index contributed by atoms with van der Waals surface area (Å²) in [6.45, 7) is 6.70. The molecule has 11 heteroatoms. The Morgan fingerprint density at radius 1 is 1.05 bits per heavy atom. The lowest BCUT2D eigenvalue weighted by Crippen LogP contribution is -2.49. The molecule has 0 radical (unpaired) electrons. The third kappa shape index (κ3) is 8.41. The lowest BCUT2D eigenvalue weighted by Gasteiger charge is -2.30. The van der Waals surface area contributed by atoms with Crippen LogP contribution in [0.4, 0.5) is 10.5 Å². The van der Waals surface area contributed by atoms with Crippen LogP contribution in [0.1, 0.15) is 38.6 Å². The minimum atomic E-state index is -0.782. The Kier molecular flexibility index (Phi) is 10.0. The number of esters is 2. The maximum Gasteiger partial charge on any atom is 0.344 e. The van der Waals surface area contributed by atoms with E-state index in [1.165, 1.54) is 16.7 Å². The summed E-state index contributed by atoms with van der Waals surface area (Å²) in [5.41, 5.74) is 0.580. The van der Waals surface area contributed by atoms with E-state index in [4.69, 9.17) is 14.2 Å². The molecule has 0 bridgehead atoms. The number of ether oxygens (including phenoxy) is 3. The van der Waals surface area contributed by atoms with E-state index < -0.39 is 35.5 Å². The van der Waals surface area contributed by atoms with Crippen LogP contribution in [0.2, 0.25) is 0 Å². The van der Waals surface area contributed by atoms with Crippen molar-refractivity contribution in [1.29, 1.82) is 0 Å². The Bertz CT molecular complexity index is 1140. The third-order valence-electron chi connectivity index (χ3n) is 5.21. The fraction of sp³-hybridized carbons (Fsp3) is 0.407. The zero-order valence-electron chi connectivity index (χ0n) is 21.9. The Morgan fingerprint density at radius 3 is 2.47 bits per heavy atom. The van der Waals surface area contributed by atoms with Crippen molar-refractivity contribution in [3.8, 4) is 5.75 Å². The van der Waals surface area contributed by atoms with Gasteiger partial charge in [0.05, 0.1) is 13.2 Å². The molecule has 1 heterocycles. The highest BCUT2D eigenvalue weighted by atomic mass is 32.2. The van der Waals surface area contributed by atoms with Crippen LogP contribution in [0.3, 0.4) is 0 Å². The SMILES string of the molecule is CCOC(=O)COc1cccc(NC(=O)NCC(=O)N2[C@@H](c3ccccc3)SC[C@H]2C(=O)OC(C)(C)C)c1. The molecule has 3 amide bonds. The molecule has 2 N–H and O–H groups in total. The average Bonchev–Trinajstić information content (AvgIpc) is 3.32. The summed E-state index contributed by atoms with van der Waals surface area (Å²) in [5, 5.41) is 4.80. The molecule has 0 saturated carbocycles. The van der Waals surface area contributed by atoms with E-state index in [9.17, 15) is 19.2 Å². The lowest BCUT2D eigenvalue weighted by atomic mass is 10.1. The Hall–Kier alpha value is -3.73. The third-order valence-corrected chi connectivity index (χ3v) is 6.53. The zero-order valence-corrected chi connectivity index (χ0v) is 22.7. The van der Waals surface area contributed by atoms with E-state index in [-0.39, 0.29) is 25.1 Å². The standard InChI is InChI=1S/C27H33N3O7S/c1-5-35-23(32)16-36-20-13-9-12-19(14-20)29-26(34)28-15-22(31)30-21(25(33)37-27(2,3)4)17-38-24(30)18-10-7-6-8-11-18/h6-14,21,24H,5,15-17H2,1-4H3,(H2,28,29,34)/t21-,24+/m0/s1. The highest BCUT2D eigenvalue weighted by Crippen LogP contribution is 2.41. The van der Waals surface area contributed by atoms with E-state index in [0.29, 0.717) is 17.2 Å². The first-order chi connectivity index (χ1) is 18.1. The van der Waals surface area contributed by atoms with Gasteiger partial charge in [-0.05, 0) is 45.4 Å². The first-order valence-electron chi connectivity index (χ1n) is 12.2. The van der Waals surface area contributed by atoms with Crippen LogP contribution in [-0.4, -0.2) is 65.9 Å². The number of urea groups is 1. The van der Waals surface area contributed by atoms with Crippen molar-refractivity contribution in [1.82, 2.24) is 10.2 Å². The molecule has 1 aliphatic heterocycles. The van der Waals surface area contributed by atoms with Crippen LogP contribution >= 0.6 is 11.8 Å². The second kappa shape index (κ2) is 13.2. The lowest BCUT2D eigenvalue weighted by molar-refractivity contribution is -0.163. The number of hydrogen-bond acceptors (Lipinski definition) is 8. The number of nitrogens with zero attached hydrogens (tertiary/aromatic N) is 1. The van der Waals surface area contributed by atoms with E-state index in [1.807, 2.05) is 30.3 Å². The number of thioether (sulfide) groups is 1. The van der Waals surface area contributed by atoms with Crippen LogP contribution < -0.4 is 15.4 Å². The average molecular weight is 544 g/mol. The van der Waals surface area contributed by atoms with Gasteiger partial charge in [-0.25, -0.2) is 14.4 Å². The number of amides is 3.